The van der Waals surface area contributed by atoms with E-state index in [2.05, 4.69) is 11.8 Å². The summed E-state index contributed by atoms with van der Waals surface area (Å²) in [7, 11) is 0. The number of hydrogen-bond acceptors (Lipinski definition) is 1. The van der Waals surface area contributed by atoms with Crippen LogP contribution in [0, 0.1) is 11.8 Å². The zero-order valence-electron chi connectivity index (χ0n) is 6.14. The van der Waals surface area contributed by atoms with Crippen LogP contribution in [-0.2, 0) is 0 Å². The minimum absolute atomic E-state index is 1.06. The molecular weight excluding hydrogens is 110 g/mol. The van der Waals surface area contributed by atoms with Crippen molar-refractivity contribution in [1.29, 1.82) is 0 Å². The summed E-state index contributed by atoms with van der Waals surface area (Å²) >= 11 is 0. The van der Waals surface area contributed by atoms with Crippen LogP contribution < -0.4 is 0 Å². The topological polar surface area (TPSA) is 3.01 Å². The molecule has 1 saturated heterocycles. The van der Waals surface area contributed by atoms with Gasteiger partial charge in [-0.3, -0.25) is 0 Å². The lowest BCUT2D eigenvalue weighted by atomic mass is 10.2. The molecule has 1 saturated carbocycles. The maximum absolute atomic E-state index is 2.52. The Morgan fingerprint density at radius 2 is 2.11 bits per heavy atom. The van der Waals surface area contributed by atoms with Crippen molar-refractivity contribution in [3.63, 3.8) is 0 Å². The molecule has 0 aromatic carbocycles. The van der Waals surface area contributed by atoms with Crippen LogP contribution in [0.15, 0.2) is 0 Å². The van der Waals surface area contributed by atoms with Gasteiger partial charge in [0.15, 0.2) is 0 Å². The Hall–Kier alpha value is -0.0400. The van der Waals surface area contributed by atoms with Crippen molar-refractivity contribution in [3.05, 3.63) is 0 Å². The van der Waals surface area contributed by atoms with Crippen molar-refractivity contribution in [2.75, 3.05) is 19.6 Å². The summed E-state index contributed by atoms with van der Waals surface area (Å²) in [4.78, 5) is 2.52. The average molecular weight is 125 g/mol. The molecule has 0 bridgehead atoms. The van der Waals surface area contributed by atoms with Gasteiger partial charge in [-0.1, -0.05) is 6.92 Å². The lowest BCUT2D eigenvalue weighted by Crippen LogP contribution is -1.99. The van der Waals surface area contributed by atoms with Gasteiger partial charge in [0.2, 0.25) is 0 Å². The first-order chi connectivity index (χ1) is 4.36. The van der Waals surface area contributed by atoms with Gasteiger partial charge in [0.05, 0.1) is 0 Å². The van der Waals surface area contributed by atoms with Gasteiger partial charge in [-0.25, -0.2) is 0 Å². The Balaban J connectivity index is 1.57. The molecule has 2 fully saturated rings. The standard InChI is InChI=1S/C8H15N/c1-7-6-8(7)2-3-9-4-5-9/h7-8H,2-6H2,1H3. The van der Waals surface area contributed by atoms with Gasteiger partial charge in [0, 0.05) is 13.1 Å². The number of nitrogens with zero attached hydrogens (tertiary/aromatic N) is 1. The fourth-order valence-electron chi connectivity index (χ4n) is 1.44. The van der Waals surface area contributed by atoms with E-state index >= 15 is 0 Å². The summed E-state index contributed by atoms with van der Waals surface area (Å²) in [6.07, 6.45) is 2.98. The van der Waals surface area contributed by atoms with Crippen LogP contribution in [0.3, 0.4) is 0 Å². The van der Waals surface area contributed by atoms with Crippen LogP contribution in [-0.4, -0.2) is 24.5 Å². The Kier molecular flexibility index (Phi) is 1.26. The molecule has 0 radical (unpaired) electrons. The molecule has 2 atom stereocenters. The highest BCUT2D eigenvalue weighted by atomic mass is 15.2. The van der Waals surface area contributed by atoms with E-state index in [4.69, 9.17) is 0 Å². The van der Waals surface area contributed by atoms with Crippen LogP contribution in [0.1, 0.15) is 19.8 Å². The zero-order chi connectivity index (χ0) is 6.27. The molecule has 0 N–H and O–H groups in total. The minimum Gasteiger partial charge on any atom is -0.301 e. The maximum atomic E-state index is 2.52. The Morgan fingerprint density at radius 1 is 1.44 bits per heavy atom. The van der Waals surface area contributed by atoms with Gasteiger partial charge < -0.3 is 4.90 Å². The van der Waals surface area contributed by atoms with E-state index < -0.39 is 0 Å². The minimum atomic E-state index is 1.06. The van der Waals surface area contributed by atoms with E-state index in [9.17, 15) is 0 Å². The molecule has 52 valence electrons. The zero-order valence-corrected chi connectivity index (χ0v) is 6.14. The quantitative estimate of drug-likeness (QED) is 0.514. The van der Waals surface area contributed by atoms with Crippen LogP contribution in [0.2, 0.25) is 0 Å². The van der Waals surface area contributed by atoms with Gasteiger partial charge in [-0.15, -0.1) is 0 Å². The van der Waals surface area contributed by atoms with Crippen molar-refractivity contribution >= 4 is 0 Å². The molecule has 0 amide bonds. The van der Waals surface area contributed by atoms with Gasteiger partial charge in [-0.05, 0) is 31.2 Å². The molecule has 2 unspecified atom stereocenters. The lowest BCUT2D eigenvalue weighted by Gasteiger charge is -1.96. The van der Waals surface area contributed by atoms with Crippen LogP contribution in [0.4, 0.5) is 0 Å². The summed E-state index contributed by atoms with van der Waals surface area (Å²) in [6, 6.07) is 0. The molecule has 1 heteroatoms. The predicted octanol–water partition coefficient (Wildman–Crippen LogP) is 1.35. The molecule has 0 spiro atoms. The molecule has 1 aliphatic heterocycles. The molecule has 0 aromatic heterocycles. The molecular formula is C8H15N. The molecule has 2 rings (SSSR count). The highest BCUT2D eigenvalue weighted by Crippen LogP contribution is 2.40. The van der Waals surface area contributed by atoms with Crippen molar-refractivity contribution in [1.82, 2.24) is 4.90 Å². The van der Waals surface area contributed by atoms with Crippen LogP contribution >= 0.6 is 0 Å². The normalized spacial score (nSPS) is 41.0. The summed E-state index contributed by atoms with van der Waals surface area (Å²) < 4.78 is 0. The average Bonchev–Trinajstić information content (AvgIpc) is 2.60. The van der Waals surface area contributed by atoms with E-state index in [0.717, 1.165) is 11.8 Å². The first-order valence-electron chi connectivity index (χ1n) is 4.08. The Morgan fingerprint density at radius 3 is 2.56 bits per heavy atom. The monoisotopic (exact) mass is 125 g/mol. The fourth-order valence-corrected chi connectivity index (χ4v) is 1.44. The fraction of sp³-hybridized carbons (Fsp3) is 1.00. The molecule has 0 aromatic rings. The lowest BCUT2D eigenvalue weighted by molar-refractivity contribution is 0.501. The van der Waals surface area contributed by atoms with E-state index in [1.54, 1.807) is 0 Å². The van der Waals surface area contributed by atoms with E-state index in [-0.39, 0.29) is 0 Å². The van der Waals surface area contributed by atoms with Gasteiger partial charge in [0.1, 0.15) is 0 Å². The number of hydrogen-bond donors (Lipinski definition) is 0. The molecule has 1 aliphatic carbocycles. The van der Waals surface area contributed by atoms with E-state index in [0.29, 0.717) is 0 Å². The van der Waals surface area contributed by atoms with Crippen molar-refractivity contribution in [2.24, 2.45) is 11.8 Å². The molecule has 9 heavy (non-hydrogen) atoms. The van der Waals surface area contributed by atoms with E-state index in [1.165, 1.54) is 32.5 Å². The molecule has 2 aliphatic rings. The highest BCUT2D eigenvalue weighted by molar-refractivity contribution is 4.84. The molecule has 1 heterocycles. The highest BCUT2D eigenvalue weighted by Gasteiger charge is 2.33. The summed E-state index contributed by atoms with van der Waals surface area (Å²) in [5, 5.41) is 0. The van der Waals surface area contributed by atoms with Gasteiger partial charge in [-0.2, -0.15) is 0 Å². The van der Waals surface area contributed by atoms with Crippen LogP contribution in [0.25, 0.3) is 0 Å². The molecule has 1 nitrogen and oxygen atoms in total. The second kappa shape index (κ2) is 1.98. The van der Waals surface area contributed by atoms with Gasteiger partial charge >= 0.3 is 0 Å². The third kappa shape index (κ3) is 1.45. The first kappa shape index (κ1) is 5.72. The Bertz CT molecular complexity index is 107. The second-order valence-corrected chi connectivity index (χ2v) is 3.60. The first-order valence-corrected chi connectivity index (χ1v) is 4.08. The SMILES string of the molecule is CC1CC1CCN1CC1. The largest absolute Gasteiger partial charge is 0.301 e. The Labute approximate surface area is 57.0 Å². The van der Waals surface area contributed by atoms with Crippen molar-refractivity contribution in [2.45, 2.75) is 19.8 Å². The summed E-state index contributed by atoms with van der Waals surface area (Å²) in [6.45, 7) is 6.50. The van der Waals surface area contributed by atoms with Gasteiger partial charge in [0.25, 0.3) is 0 Å². The van der Waals surface area contributed by atoms with Crippen molar-refractivity contribution in [3.8, 4) is 0 Å². The third-order valence-corrected chi connectivity index (χ3v) is 2.63. The summed E-state index contributed by atoms with van der Waals surface area (Å²) in [5.41, 5.74) is 0. The third-order valence-electron chi connectivity index (χ3n) is 2.63. The van der Waals surface area contributed by atoms with Crippen LogP contribution in [0.5, 0.6) is 0 Å². The number of rotatable bonds is 3. The summed E-state index contributed by atoms with van der Waals surface area (Å²) in [5.74, 6) is 2.16. The van der Waals surface area contributed by atoms with E-state index in [1.807, 2.05) is 0 Å². The second-order valence-electron chi connectivity index (χ2n) is 3.60. The maximum Gasteiger partial charge on any atom is 0.0110 e. The predicted molar refractivity (Wildman–Crippen MR) is 38.3 cm³/mol. The van der Waals surface area contributed by atoms with Crippen molar-refractivity contribution < 1.29 is 0 Å². The smallest absolute Gasteiger partial charge is 0.0110 e.